The Morgan fingerprint density at radius 2 is 2.00 bits per heavy atom. The molecular weight excluding hydrogens is 254 g/mol. The molecule has 1 rings (SSSR count). The van der Waals surface area contributed by atoms with Gasteiger partial charge >= 0.3 is 0 Å². The Bertz CT molecular complexity index is 435. The fourth-order valence-corrected chi connectivity index (χ4v) is 3.31. The van der Waals surface area contributed by atoms with E-state index in [1.807, 2.05) is 0 Å². The monoisotopic (exact) mass is 273 g/mol. The molecular formula is C11H19N3O3S. The van der Waals surface area contributed by atoms with E-state index in [4.69, 9.17) is 5.26 Å². The standard InChI is InChI=1S/C11H19N3O3S/c1-3-10(8-12)18(16,17)13-9(2)11(15)14-6-4-5-7-14/h9-10,13H,3-7H2,1-2H3. The Labute approximate surface area is 108 Å². The second-order valence-corrected chi connectivity index (χ2v) is 6.34. The lowest BCUT2D eigenvalue weighted by Gasteiger charge is -2.21. The van der Waals surface area contributed by atoms with Gasteiger partial charge in [0, 0.05) is 13.1 Å². The van der Waals surface area contributed by atoms with Crippen molar-refractivity contribution in [3.63, 3.8) is 0 Å². The van der Waals surface area contributed by atoms with Crippen molar-refractivity contribution in [3.05, 3.63) is 0 Å². The van der Waals surface area contributed by atoms with Crippen molar-refractivity contribution in [3.8, 4) is 6.07 Å². The molecule has 102 valence electrons. The van der Waals surface area contributed by atoms with E-state index in [1.165, 1.54) is 6.92 Å². The van der Waals surface area contributed by atoms with Gasteiger partial charge in [-0.3, -0.25) is 4.79 Å². The molecule has 7 heteroatoms. The maximum absolute atomic E-state index is 11.9. The fourth-order valence-electron chi connectivity index (χ4n) is 1.97. The molecule has 0 spiro atoms. The maximum Gasteiger partial charge on any atom is 0.240 e. The molecule has 0 aromatic heterocycles. The van der Waals surface area contributed by atoms with Crippen LogP contribution in [0.5, 0.6) is 0 Å². The molecule has 0 aromatic rings. The van der Waals surface area contributed by atoms with Crippen molar-refractivity contribution in [1.82, 2.24) is 9.62 Å². The lowest BCUT2D eigenvalue weighted by Crippen LogP contribution is -2.48. The minimum absolute atomic E-state index is 0.205. The Morgan fingerprint density at radius 3 is 2.44 bits per heavy atom. The van der Waals surface area contributed by atoms with Gasteiger partial charge in [0.1, 0.15) is 0 Å². The van der Waals surface area contributed by atoms with E-state index in [-0.39, 0.29) is 12.3 Å². The number of rotatable bonds is 5. The molecule has 1 N–H and O–H groups in total. The number of amides is 1. The summed E-state index contributed by atoms with van der Waals surface area (Å²) in [7, 11) is -3.75. The molecule has 0 aromatic carbocycles. The summed E-state index contributed by atoms with van der Waals surface area (Å²) in [6.45, 7) is 4.50. The van der Waals surface area contributed by atoms with Crippen molar-refractivity contribution in [2.24, 2.45) is 0 Å². The van der Waals surface area contributed by atoms with Gasteiger partial charge in [0.05, 0.1) is 12.1 Å². The van der Waals surface area contributed by atoms with Crippen molar-refractivity contribution >= 4 is 15.9 Å². The van der Waals surface area contributed by atoms with Crippen LogP contribution in [0.2, 0.25) is 0 Å². The molecule has 0 aliphatic carbocycles. The summed E-state index contributed by atoms with van der Waals surface area (Å²) in [5, 5.41) is 7.65. The lowest BCUT2D eigenvalue weighted by molar-refractivity contribution is -0.131. The number of carbonyl (C=O) groups is 1. The number of nitrogens with zero attached hydrogens (tertiary/aromatic N) is 2. The van der Waals surface area contributed by atoms with Crippen LogP contribution in [0.1, 0.15) is 33.1 Å². The molecule has 1 heterocycles. The number of nitriles is 1. The van der Waals surface area contributed by atoms with Gasteiger partial charge in [0.2, 0.25) is 15.9 Å². The lowest BCUT2D eigenvalue weighted by atomic mass is 10.3. The average Bonchev–Trinajstić information content (AvgIpc) is 2.81. The predicted octanol–water partition coefficient (Wildman–Crippen LogP) is 0.219. The molecule has 1 aliphatic rings. The highest BCUT2D eigenvalue weighted by Gasteiger charge is 2.30. The Morgan fingerprint density at radius 1 is 1.44 bits per heavy atom. The van der Waals surface area contributed by atoms with E-state index in [1.54, 1.807) is 17.9 Å². The van der Waals surface area contributed by atoms with Crippen LogP contribution in [0, 0.1) is 11.3 Å². The summed E-state index contributed by atoms with van der Waals surface area (Å²) < 4.78 is 25.9. The number of hydrogen-bond donors (Lipinski definition) is 1. The number of nitrogens with one attached hydrogen (secondary N) is 1. The second-order valence-electron chi connectivity index (χ2n) is 4.44. The fraction of sp³-hybridized carbons (Fsp3) is 0.818. The zero-order valence-electron chi connectivity index (χ0n) is 10.7. The highest BCUT2D eigenvalue weighted by atomic mass is 32.2. The molecule has 2 atom stereocenters. The summed E-state index contributed by atoms with van der Waals surface area (Å²) >= 11 is 0. The van der Waals surface area contributed by atoms with Gasteiger partial charge in [-0.15, -0.1) is 0 Å². The predicted molar refractivity (Wildman–Crippen MR) is 67.0 cm³/mol. The van der Waals surface area contributed by atoms with E-state index in [2.05, 4.69) is 4.72 Å². The minimum atomic E-state index is -3.75. The van der Waals surface area contributed by atoms with Gasteiger partial charge in [0.15, 0.2) is 5.25 Å². The molecule has 1 amide bonds. The summed E-state index contributed by atoms with van der Waals surface area (Å²) in [4.78, 5) is 13.6. The van der Waals surface area contributed by atoms with Crippen LogP contribution in [-0.2, 0) is 14.8 Å². The van der Waals surface area contributed by atoms with Gasteiger partial charge < -0.3 is 4.90 Å². The first-order valence-electron chi connectivity index (χ1n) is 6.12. The van der Waals surface area contributed by atoms with Crippen molar-refractivity contribution in [2.45, 2.75) is 44.4 Å². The Kier molecular flexibility index (Phi) is 5.11. The van der Waals surface area contributed by atoms with Crippen LogP contribution in [-0.4, -0.2) is 43.6 Å². The topological polar surface area (TPSA) is 90.3 Å². The van der Waals surface area contributed by atoms with Crippen molar-refractivity contribution < 1.29 is 13.2 Å². The highest BCUT2D eigenvalue weighted by Crippen LogP contribution is 2.10. The van der Waals surface area contributed by atoms with Gasteiger partial charge in [0.25, 0.3) is 0 Å². The third-order valence-electron chi connectivity index (χ3n) is 3.02. The first-order valence-corrected chi connectivity index (χ1v) is 7.66. The normalized spacial score (nSPS) is 19.3. The second kappa shape index (κ2) is 6.16. The van der Waals surface area contributed by atoms with E-state index in [0.29, 0.717) is 13.1 Å². The van der Waals surface area contributed by atoms with E-state index < -0.39 is 21.3 Å². The van der Waals surface area contributed by atoms with Crippen molar-refractivity contribution in [2.75, 3.05) is 13.1 Å². The summed E-state index contributed by atoms with van der Waals surface area (Å²) in [5.41, 5.74) is 0. The number of likely N-dealkylation sites (tertiary alicyclic amines) is 1. The summed E-state index contributed by atoms with van der Waals surface area (Å²) in [6.07, 6.45) is 2.12. The first-order chi connectivity index (χ1) is 8.42. The molecule has 6 nitrogen and oxygen atoms in total. The minimum Gasteiger partial charge on any atom is -0.341 e. The van der Waals surface area contributed by atoms with Crippen LogP contribution in [0.3, 0.4) is 0 Å². The highest BCUT2D eigenvalue weighted by molar-refractivity contribution is 7.90. The maximum atomic E-state index is 11.9. The number of hydrogen-bond acceptors (Lipinski definition) is 4. The molecule has 0 bridgehead atoms. The molecule has 1 fully saturated rings. The van der Waals surface area contributed by atoms with Crippen LogP contribution in [0.25, 0.3) is 0 Å². The van der Waals surface area contributed by atoms with Gasteiger partial charge in [-0.2, -0.15) is 5.26 Å². The van der Waals surface area contributed by atoms with Crippen LogP contribution >= 0.6 is 0 Å². The first kappa shape index (κ1) is 14.9. The Hall–Kier alpha value is -1.13. The molecule has 0 saturated carbocycles. The van der Waals surface area contributed by atoms with Gasteiger partial charge in [-0.05, 0) is 26.2 Å². The molecule has 0 radical (unpaired) electrons. The van der Waals surface area contributed by atoms with Crippen LogP contribution in [0.15, 0.2) is 0 Å². The van der Waals surface area contributed by atoms with E-state index >= 15 is 0 Å². The van der Waals surface area contributed by atoms with Crippen LogP contribution < -0.4 is 4.72 Å². The quantitative estimate of drug-likeness (QED) is 0.775. The summed E-state index contributed by atoms with van der Waals surface area (Å²) in [5.74, 6) is -0.219. The zero-order valence-corrected chi connectivity index (χ0v) is 11.5. The largest absolute Gasteiger partial charge is 0.341 e. The van der Waals surface area contributed by atoms with E-state index in [0.717, 1.165) is 12.8 Å². The van der Waals surface area contributed by atoms with Crippen molar-refractivity contribution in [1.29, 1.82) is 5.26 Å². The number of carbonyl (C=O) groups excluding carboxylic acids is 1. The zero-order chi connectivity index (χ0) is 13.8. The molecule has 2 unspecified atom stereocenters. The molecule has 1 saturated heterocycles. The third-order valence-corrected chi connectivity index (χ3v) is 4.89. The van der Waals surface area contributed by atoms with Gasteiger partial charge in [-0.1, -0.05) is 6.92 Å². The smallest absolute Gasteiger partial charge is 0.240 e. The van der Waals surface area contributed by atoms with Crippen LogP contribution in [0.4, 0.5) is 0 Å². The molecule has 1 aliphatic heterocycles. The average molecular weight is 273 g/mol. The molecule has 18 heavy (non-hydrogen) atoms. The number of sulfonamides is 1. The summed E-state index contributed by atoms with van der Waals surface area (Å²) in [6, 6.07) is 0.921. The van der Waals surface area contributed by atoms with E-state index in [9.17, 15) is 13.2 Å². The SMILES string of the molecule is CCC(C#N)S(=O)(=O)NC(C)C(=O)N1CCCC1. The Balaban J connectivity index is 2.66. The van der Waals surface area contributed by atoms with Gasteiger partial charge in [-0.25, -0.2) is 13.1 Å². The third kappa shape index (κ3) is 3.43.